The molecule has 1 unspecified atom stereocenters. The SMILES string of the molecule is C=C(C)C(=O)OCCOCC(CO)(COCCOC=O)COCC(COCCOC(=O)C(=C)C)(COCCOC(=O)C(=C)C)COCCOC(=O)C(=C)C. The number of carbonyl (C=O) groups is 5. The van der Waals surface area contributed by atoms with Crippen LogP contribution in [0.1, 0.15) is 27.7 Å². The monoisotopic (exact) mass is 774 g/mol. The molecule has 0 aliphatic heterocycles. The van der Waals surface area contributed by atoms with Gasteiger partial charge in [-0.15, -0.1) is 0 Å². The Morgan fingerprint density at radius 2 is 0.704 bits per heavy atom. The van der Waals surface area contributed by atoms with Gasteiger partial charge in [-0.3, -0.25) is 4.79 Å². The van der Waals surface area contributed by atoms with E-state index < -0.39 is 41.3 Å². The Hall–Kier alpha value is -3.97. The van der Waals surface area contributed by atoms with Gasteiger partial charge >= 0.3 is 23.9 Å². The summed E-state index contributed by atoms with van der Waals surface area (Å²) in [5, 5.41) is 10.5. The summed E-state index contributed by atoms with van der Waals surface area (Å²) >= 11 is 0. The van der Waals surface area contributed by atoms with E-state index in [9.17, 15) is 29.1 Å². The molecule has 54 heavy (non-hydrogen) atoms. The fraction of sp³-hybridized carbons (Fsp3) is 0.649. The third-order valence-electron chi connectivity index (χ3n) is 6.84. The number of hydrogen-bond acceptors (Lipinski definition) is 17. The van der Waals surface area contributed by atoms with Gasteiger partial charge in [0.1, 0.15) is 33.0 Å². The molecule has 0 heterocycles. The van der Waals surface area contributed by atoms with E-state index in [2.05, 4.69) is 31.1 Å². The molecule has 0 rings (SSSR count). The lowest BCUT2D eigenvalue weighted by Gasteiger charge is -2.36. The van der Waals surface area contributed by atoms with Gasteiger partial charge in [0, 0.05) is 22.3 Å². The number of hydrogen-bond donors (Lipinski definition) is 1. The highest BCUT2D eigenvalue weighted by molar-refractivity contribution is 5.88. The summed E-state index contributed by atoms with van der Waals surface area (Å²) in [6, 6.07) is 0. The largest absolute Gasteiger partial charge is 0.465 e. The molecule has 0 aliphatic rings. The van der Waals surface area contributed by atoms with E-state index in [-0.39, 0.29) is 141 Å². The molecule has 1 atom stereocenters. The van der Waals surface area contributed by atoms with Crippen molar-refractivity contribution < 1.29 is 81.2 Å². The minimum atomic E-state index is -1.14. The van der Waals surface area contributed by atoms with Crippen LogP contribution in [0.5, 0.6) is 0 Å². The first-order valence-electron chi connectivity index (χ1n) is 17.1. The molecule has 0 spiro atoms. The Kier molecular flexibility index (Phi) is 27.2. The number of aliphatic hydroxyl groups is 1. The minimum absolute atomic E-state index is 0.00363. The Morgan fingerprint density at radius 3 is 0.981 bits per heavy atom. The lowest BCUT2D eigenvalue weighted by molar-refractivity contribution is -0.153. The second kappa shape index (κ2) is 29.4. The van der Waals surface area contributed by atoms with E-state index in [1.807, 2.05) is 0 Å². The Balaban J connectivity index is 6.03. The maximum absolute atomic E-state index is 11.8. The quantitative estimate of drug-likeness (QED) is 0.0320. The highest BCUT2D eigenvalue weighted by Gasteiger charge is 2.36. The second-order valence-electron chi connectivity index (χ2n) is 12.5. The zero-order valence-electron chi connectivity index (χ0n) is 32.1. The molecule has 0 fully saturated rings. The van der Waals surface area contributed by atoms with Crippen LogP contribution in [0.3, 0.4) is 0 Å². The molecule has 308 valence electrons. The van der Waals surface area contributed by atoms with Crippen molar-refractivity contribution in [2.45, 2.75) is 27.7 Å². The zero-order chi connectivity index (χ0) is 40.8. The maximum atomic E-state index is 11.8. The molecule has 0 saturated carbocycles. The molecule has 0 saturated heterocycles. The fourth-order valence-electron chi connectivity index (χ4n) is 3.86. The molecule has 17 nitrogen and oxygen atoms in total. The molecular formula is C37H58O17. The van der Waals surface area contributed by atoms with E-state index in [1.54, 1.807) is 0 Å². The average molecular weight is 775 g/mol. The van der Waals surface area contributed by atoms with E-state index in [0.29, 0.717) is 0 Å². The van der Waals surface area contributed by atoms with Gasteiger partial charge in [-0.2, -0.15) is 0 Å². The number of esters is 4. The fourth-order valence-corrected chi connectivity index (χ4v) is 3.86. The van der Waals surface area contributed by atoms with Crippen LogP contribution in [-0.2, 0) is 76.1 Å². The third-order valence-corrected chi connectivity index (χ3v) is 6.84. The van der Waals surface area contributed by atoms with Crippen molar-refractivity contribution in [2.24, 2.45) is 10.8 Å². The normalized spacial score (nSPS) is 12.2. The van der Waals surface area contributed by atoms with Gasteiger partial charge in [0.05, 0.1) is 96.7 Å². The van der Waals surface area contributed by atoms with Crippen molar-refractivity contribution in [2.75, 3.05) is 119 Å². The maximum Gasteiger partial charge on any atom is 0.333 e. The van der Waals surface area contributed by atoms with Crippen molar-refractivity contribution >= 4 is 30.3 Å². The van der Waals surface area contributed by atoms with Gasteiger partial charge in [-0.1, -0.05) is 26.3 Å². The molecule has 17 heteroatoms. The summed E-state index contributed by atoms with van der Waals surface area (Å²) in [6.07, 6.45) is 0. The van der Waals surface area contributed by atoms with Crippen LogP contribution >= 0.6 is 0 Å². The Labute approximate surface area is 317 Å². The van der Waals surface area contributed by atoms with Gasteiger partial charge in [0.2, 0.25) is 0 Å². The Bertz CT molecular complexity index is 1120. The van der Waals surface area contributed by atoms with Crippen LogP contribution in [0.25, 0.3) is 0 Å². The van der Waals surface area contributed by atoms with E-state index in [0.717, 1.165) is 0 Å². The summed E-state index contributed by atoms with van der Waals surface area (Å²) in [7, 11) is 0. The average Bonchev–Trinajstić information content (AvgIpc) is 3.13. The predicted octanol–water partition coefficient (Wildman–Crippen LogP) is 1.70. The predicted molar refractivity (Wildman–Crippen MR) is 192 cm³/mol. The standard InChI is InChI=1S/C37H58O17/c1-28(2)32(40)51-15-11-45-21-36(19-38,20-44-9-10-49-27-39)22-50-26-37(23-46-12-16-52-33(41)29(3)4,24-47-13-17-53-34(42)30(5)6)25-48-14-18-54-35(43)31(7)8/h27,38H,1,3,5,7,9-26H2,2,4,6,8H3. The third kappa shape index (κ3) is 23.6. The van der Waals surface area contributed by atoms with Crippen LogP contribution in [0.15, 0.2) is 48.6 Å². The lowest BCUT2D eigenvalue weighted by Crippen LogP contribution is -2.46. The van der Waals surface area contributed by atoms with Gasteiger partial charge in [-0.25, -0.2) is 19.2 Å². The summed E-state index contributed by atoms with van der Waals surface area (Å²) in [6.45, 7) is 19.2. The Morgan fingerprint density at radius 1 is 0.444 bits per heavy atom. The summed E-state index contributed by atoms with van der Waals surface area (Å²) in [5.41, 5.74) is -1.30. The minimum Gasteiger partial charge on any atom is -0.465 e. The van der Waals surface area contributed by atoms with Crippen molar-refractivity contribution in [3.05, 3.63) is 48.6 Å². The van der Waals surface area contributed by atoms with E-state index >= 15 is 0 Å². The summed E-state index contributed by atoms with van der Waals surface area (Å²) in [4.78, 5) is 57.8. The second-order valence-corrected chi connectivity index (χ2v) is 12.5. The zero-order valence-corrected chi connectivity index (χ0v) is 32.1. The molecule has 0 radical (unpaired) electrons. The van der Waals surface area contributed by atoms with E-state index in [1.165, 1.54) is 27.7 Å². The van der Waals surface area contributed by atoms with Crippen LogP contribution in [0, 0.1) is 10.8 Å². The van der Waals surface area contributed by atoms with Gasteiger partial charge in [0.15, 0.2) is 0 Å². The molecular weight excluding hydrogens is 716 g/mol. The molecule has 0 aromatic rings. The van der Waals surface area contributed by atoms with Crippen LogP contribution in [0.4, 0.5) is 0 Å². The van der Waals surface area contributed by atoms with Gasteiger partial charge in [-0.05, 0) is 27.7 Å². The van der Waals surface area contributed by atoms with Crippen LogP contribution in [-0.4, -0.2) is 154 Å². The molecule has 0 bridgehead atoms. The topological polar surface area (TPSA) is 207 Å². The van der Waals surface area contributed by atoms with Crippen molar-refractivity contribution in [1.29, 1.82) is 0 Å². The first kappa shape index (κ1) is 50.0. The highest BCUT2D eigenvalue weighted by atomic mass is 16.6. The highest BCUT2D eigenvalue weighted by Crippen LogP contribution is 2.25. The molecule has 0 aromatic heterocycles. The first-order chi connectivity index (χ1) is 25.6. The van der Waals surface area contributed by atoms with Crippen molar-refractivity contribution in [1.82, 2.24) is 0 Å². The molecule has 0 aliphatic carbocycles. The summed E-state index contributed by atoms with van der Waals surface area (Å²) < 4.78 is 60.4. The van der Waals surface area contributed by atoms with Gasteiger partial charge in [0.25, 0.3) is 6.47 Å². The molecule has 0 amide bonds. The van der Waals surface area contributed by atoms with Gasteiger partial charge < -0.3 is 57.2 Å². The number of ether oxygens (including phenoxy) is 11. The first-order valence-corrected chi connectivity index (χ1v) is 17.1. The number of aliphatic hydroxyl groups excluding tert-OH is 1. The smallest absolute Gasteiger partial charge is 0.333 e. The van der Waals surface area contributed by atoms with Crippen LogP contribution < -0.4 is 0 Å². The molecule has 1 N–H and O–H groups in total. The number of carbonyl (C=O) groups excluding carboxylic acids is 5. The number of rotatable bonds is 35. The van der Waals surface area contributed by atoms with Crippen molar-refractivity contribution in [3.8, 4) is 0 Å². The molecule has 0 aromatic carbocycles. The van der Waals surface area contributed by atoms with Crippen molar-refractivity contribution in [3.63, 3.8) is 0 Å². The summed E-state index contributed by atoms with van der Waals surface area (Å²) in [5.74, 6) is -2.31. The van der Waals surface area contributed by atoms with E-state index in [4.69, 9.17) is 47.4 Å². The van der Waals surface area contributed by atoms with Crippen LogP contribution in [0.2, 0.25) is 0 Å². The lowest BCUT2D eigenvalue weighted by atomic mass is 9.90.